The Bertz CT molecular complexity index is 376. The van der Waals surface area contributed by atoms with Crippen LogP contribution in [0.2, 0.25) is 0 Å². The average molecular weight is 275 g/mol. The quantitative estimate of drug-likeness (QED) is 0.494. The molecule has 0 aliphatic heterocycles. The number of rotatable bonds is 11. The van der Waals surface area contributed by atoms with Crippen LogP contribution in [0.1, 0.15) is 38.5 Å². The van der Waals surface area contributed by atoms with Crippen molar-refractivity contribution in [2.75, 3.05) is 13.2 Å². The van der Waals surface area contributed by atoms with Crippen LogP contribution in [0.3, 0.4) is 0 Å². The summed E-state index contributed by atoms with van der Waals surface area (Å²) >= 11 is 0. The highest BCUT2D eigenvalue weighted by molar-refractivity contribution is 5.86. The summed E-state index contributed by atoms with van der Waals surface area (Å²) in [5.74, 6) is 0.869. The van der Waals surface area contributed by atoms with E-state index in [1.54, 1.807) is 0 Å². The molecule has 1 aromatic rings. The number of carbonyl (C=O) groups is 1. The maximum atomic E-state index is 10.9. The van der Waals surface area contributed by atoms with Crippen LogP contribution in [0.15, 0.2) is 43.0 Å². The summed E-state index contributed by atoms with van der Waals surface area (Å²) in [5, 5.41) is 2.78. The molecular formula is C17H25NO2. The first-order chi connectivity index (χ1) is 9.83. The van der Waals surface area contributed by atoms with Crippen LogP contribution >= 0.6 is 0 Å². The number of benzene rings is 1. The van der Waals surface area contributed by atoms with E-state index < -0.39 is 0 Å². The molecule has 0 atom stereocenters. The van der Waals surface area contributed by atoms with Crippen molar-refractivity contribution >= 4 is 5.91 Å². The van der Waals surface area contributed by atoms with Crippen molar-refractivity contribution in [1.82, 2.24) is 5.32 Å². The zero-order valence-electron chi connectivity index (χ0n) is 12.1. The smallest absolute Gasteiger partial charge is 0.243 e. The third-order valence-electron chi connectivity index (χ3n) is 3.07. The Morgan fingerprint density at radius 1 is 1.05 bits per heavy atom. The highest BCUT2D eigenvalue weighted by atomic mass is 16.5. The summed E-state index contributed by atoms with van der Waals surface area (Å²) in [6.45, 7) is 4.96. The topological polar surface area (TPSA) is 38.3 Å². The van der Waals surface area contributed by atoms with E-state index in [2.05, 4.69) is 11.9 Å². The molecule has 0 bridgehead atoms. The van der Waals surface area contributed by atoms with E-state index >= 15 is 0 Å². The van der Waals surface area contributed by atoms with Gasteiger partial charge >= 0.3 is 0 Å². The summed E-state index contributed by atoms with van der Waals surface area (Å²) in [5.41, 5.74) is 0. The van der Waals surface area contributed by atoms with Crippen molar-refractivity contribution in [3.8, 4) is 5.75 Å². The zero-order valence-corrected chi connectivity index (χ0v) is 12.1. The minimum atomic E-state index is -0.0805. The maximum Gasteiger partial charge on any atom is 0.243 e. The van der Waals surface area contributed by atoms with E-state index in [1.807, 2.05) is 30.3 Å². The molecule has 0 saturated heterocycles. The molecule has 3 nitrogen and oxygen atoms in total. The summed E-state index contributed by atoms with van der Waals surface area (Å²) in [6.07, 6.45) is 8.26. The van der Waals surface area contributed by atoms with E-state index in [-0.39, 0.29) is 5.91 Å². The Labute approximate surface area is 122 Å². The number of carbonyl (C=O) groups excluding carboxylic acids is 1. The van der Waals surface area contributed by atoms with Gasteiger partial charge in [-0.05, 0) is 31.1 Å². The fourth-order valence-electron chi connectivity index (χ4n) is 1.92. The number of nitrogens with one attached hydrogen (secondary N) is 1. The van der Waals surface area contributed by atoms with Gasteiger partial charge in [0.2, 0.25) is 5.91 Å². The van der Waals surface area contributed by atoms with Crippen molar-refractivity contribution in [3.05, 3.63) is 43.0 Å². The minimum Gasteiger partial charge on any atom is -0.494 e. The molecule has 3 heteroatoms. The highest BCUT2D eigenvalue weighted by Gasteiger charge is 1.95. The lowest BCUT2D eigenvalue weighted by Gasteiger charge is -2.06. The molecule has 0 spiro atoms. The molecule has 0 heterocycles. The van der Waals surface area contributed by atoms with Crippen LogP contribution in [-0.2, 0) is 4.79 Å². The summed E-state index contributed by atoms with van der Waals surface area (Å²) in [6, 6.07) is 9.93. The van der Waals surface area contributed by atoms with Gasteiger partial charge in [-0.25, -0.2) is 0 Å². The third-order valence-corrected chi connectivity index (χ3v) is 3.07. The van der Waals surface area contributed by atoms with E-state index in [0.717, 1.165) is 38.2 Å². The van der Waals surface area contributed by atoms with Crippen molar-refractivity contribution in [1.29, 1.82) is 0 Å². The maximum absolute atomic E-state index is 10.9. The van der Waals surface area contributed by atoms with Gasteiger partial charge in [0, 0.05) is 6.54 Å². The van der Waals surface area contributed by atoms with Gasteiger partial charge in [0.25, 0.3) is 0 Å². The van der Waals surface area contributed by atoms with Gasteiger partial charge in [-0.15, -0.1) is 0 Å². The second kappa shape index (κ2) is 11.1. The third kappa shape index (κ3) is 8.35. The van der Waals surface area contributed by atoms with Crippen LogP contribution in [-0.4, -0.2) is 19.1 Å². The molecule has 20 heavy (non-hydrogen) atoms. The second-order valence-electron chi connectivity index (χ2n) is 4.78. The molecule has 110 valence electrons. The monoisotopic (exact) mass is 275 g/mol. The molecule has 1 aromatic carbocycles. The molecule has 0 saturated carbocycles. The van der Waals surface area contributed by atoms with Crippen molar-refractivity contribution < 1.29 is 9.53 Å². The molecule has 0 unspecified atom stereocenters. The number of hydrogen-bond donors (Lipinski definition) is 1. The number of ether oxygens (including phenoxy) is 1. The second-order valence-corrected chi connectivity index (χ2v) is 4.78. The Morgan fingerprint density at radius 2 is 1.70 bits per heavy atom. The molecule has 0 aromatic heterocycles. The highest BCUT2D eigenvalue weighted by Crippen LogP contribution is 2.10. The summed E-state index contributed by atoms with van der Waals surface area (Å²) in [7, 11) is 0. The van der Waals surface area contributed by atoms with Gasteiger partial charge in [-0.2, -0.15) is 0 Å². The number of amides is 1. The van der Waals surface area contributed by atoms with Gasteiger partial charge in [0.1, 0.15) is 5.75 Å². The molecule has 0 radical (unpaired) electrons. The summed E-state index contributed by atoms with van der Waals surface area (Å²) < 4.78 is 5.63. The Hall–Kier alpha value is -1.77. The van der Waals surface area contributed by atoms with Gasteiger partial charge in [0.15, 0.2) is 0 Å². The van der Waals surface area contributed by atoms with Gasteiger partial charge in [0.05, 0.1) is 6.61 Å². The van der Waals surface area contributed by atoms with Crippen molar-refractivity contribution in [2.45, 2.75) is 38.5 Å². The molecular weight excluding hydrogens is 250 g/mol. The first kappa shape index (κ1) is 16.3. The minimum absolute atomic E-state index is 0.0805. The lowest BCUT2D eigenvalue weighted by Crippen LogP contribution is -2.21. The van der Waals surface area contributed by atoms with E-state index in [9.17, 15) is 4.79 Å². The molecule has 1 rings (SSSR count). The van der Waals surface area contributed by atoms with Crippen LogP contribution < -0.4 is 10.1 Å². The first-order valence-electron chi connectivity index (χ1n) is 7.41. The lowest BCUT2D eigenvalue weighted by molar-refractivity contribution is -0.116. The van der Waals surface area contributed by atoms with Crippen molar-refractivity contribution in [3.63, 3.8) is 0 Å². The zero-order chi connectivity index (χ0) is 14.5. The predicted octanol–water partition coefficient (Wildman–Crippen LogP) is 3.71. The molecule has 0 fully saturated rings. The van der Waals surface area contributed by atoms with Crippen LogP contribution in [0, 0.1) is 0 Å². The van der Waals surface area contributed by atoms with Crippen LogP contribution in [0.25, 0.3) is 0 Å². The van der Waals surface area contributed by atoms with Crippen molar-refractivity contribution in [2.24, 2.45) is 0 Å². The van der Waals surface area contributed by atoms with Gasteiger partial charge in [-0.1, -0.05) is 50.5 Å². The predicted molar refractivity (Wildman–Crippen MR) is 82.8 cm³/mol. The standard InChI is InChI=1S/C17H25NO2/c1-2-17(19)18-14-10-5-3-4-6-11-15-20-16-12-8-7-9-13-16/h2,7-9,12-13H,1,3-6,10-11,14-15H2,(H,18,19). The number of unbranched alkanes of at least 4 members (excludes halogenated alkanes) is 5. The fraction of sp³-hybridized carbons (Fsp3) is 0.471. The fourth-order valence-corrected chi connectivity index (χ4v) is 1.92. The Kier molecular flexibility index (Phi) is 9.03. The molecule has 0 aliphatic carbocycles. The van der Waals surface area contributed by atoms with Gasteiger partial charge in [-0.3, -0.25) is 4.79 Å². The van der Waals surface area contributed by atoms with Crippen LogP contribution in [0.5, 0.6) is 5.75 Å². The summed E-state index contributed by atoms with van der Waals surface area (Å²) in [4.78, 5) is 10.9. The number of para-hydroxylation sites is 1. The lowest BCUT2D eigenvalue weighted by atomic mass is 10.1. The van der Waals surface area contributed by atoms with Crippen LogP contribution in [0.4, 0.5) is 0 Å². The van der Waals surface area contributed by atoms with E-state index in [0.29, 0.717) is 0 Å². The molecule has 1 amide bonds. The Balaban J connectivity index is 1.83. The number of hydrogen-bond acceptors (Lipinski definition) is 2. The normalized spacial score (nSPS) is 10.0. The first-order valence-corrected chi connectivity index (χ1v) is 7.41. The largest absolute Gasteiger partial charge is 0.494 e. The molecule has 1 N–H and O–H groups in total. The Morgan fingerprint density at radius 3 is 2.40 bits per heavy atom. The SMILES string of the molecule is C=CC(=O)NCCCCCCCCOc1ccccc1. The average Bonchev–Trinajstić information content (AvgIpc) is 2.50. The van der Waals surface area contributed by atoms with E-state index in [4.69, 9.17) is 4.74 Å². The van der Waals surface area contributed by atoms with Gasteiger partial charge < -0.3 is 10.1 Å². The van der Waals surface area contributed by atoms with E-state index in [1.165, 1.54) is 25.3 Å². The molecule has 0 aliphatic rings.